The molecule has 1 rings (SSSR count). The van der Waals surface area contributed by atoms with E-state index in [1.807, 2.05) is 0 Å². The predicted octanol–water partition coefficient (Wildman–Crippen LogP) is 4.53. The van der Waals surface area contributed by atoms with Crippen LogP contribution in [0.5, 0.6) is 0 Å². The van der Waals surface area contributed by atoms with Gasteiger partial charge in [-0.3, -0.25) is 0 Å². The summed E-state index contributed by atoms with van der Waals surface area (Å²) in [4.78, 5) is 0. The molecule has 0 aromatic heterocycles. The zero-order valence-corrected chi connectivity index (χ0v) is 12.0. The van der Waals surface area contributed by atoms with Gasteiger partial charge in [-0.05, 0) is 50.3 Å². The smallest absolute Gasteiger partial charge is 0.0294 e. The number of rotatable bonds is 6. The summed E-state index contributed by atoms with van der Waals surface area (Å²) in [6.45, 7) is 11.1. The Morgan fingerprint density at radius 2 is 1.82 bits per heavy atom. The highest BCUT2D eigenvalue weighted by molar-refractivity contribution is 5.31. The Morgan fingerprint density at radius 1 is 1.12 bits per heavy atom. The molecule has 2 atom stereocenters. The SMILES string of the molecule is CCCC(CC)NC(C)c1ccc(C)c(C)c1. The molecule has 0 aliphatic rings. The third kappa shape index (κ3) is 4.16. The van der Waals surface area contributed by atoms with Crippen molar-refractivity contribution in [1.82, 2.24) is 5.32 Å². The molecule has 1 aromatic carbocycles. The third-order valence-electron chi connectivity index (χ3n) is 3.65. The first kappa shape index (κ1) is 14.2. The minimum atomic E-state index is 0.450. The largest absolute Gasteiger partial charge is 0.307 e. The van der Waals surface area contributed by atoms with Gasteiger partial charge in [0.05, 0.1) is 0 Å². The van der Waals surface area contributed by atoms with Crippen LogP contribution >= 0.6 is 0 Å². The number of hydrogen-bond acceptors (Lipinski definition) is 1. The lowest BCUT2D eigenvalue weighted by Crippen LogP contribution is -2.30. The van der Waals surface area contributed by atoms with Crippen molar-refractivity contribution in [3.8, 4) is 0 Å². The highest BCUT2D eigenvalue weighted by Crippen LogP contribution is 2.18. The van der Waals surface area contributed by atoms with Crippen LogP contribution in [0.3, 0.4) is 0 Å². The van der Waals surface area contributed by atoms with Crippen LogP contribution < -0.4 is 5.32 Å². The number of hydrogen-bond donors (Lipinski definition) is 1. The van der Waals surface area contributed by atoms with Crippen LogP contribution in [0.1, 0.15) is 62.8 Å². The highest BCUT2D eigenvalue weighted by Gasteiger charge is 2.11. The molecule has 0 saturated carbocycles. The van der Waals surface area contributed by atoms with Gasteiger partial charge in [-0.2, -0.15) is 0 Å². The van der Waals surface area contributed by atoms with Crippen molar-refractivity contribution in [1.29, 1.82) is 0 Å². The molecule has 1 aromatic rings. The van der Waals surface area contributed by atoms with E-state index in [1.165, 1.54) is 36.0 Å². The van der Waals surface area contributed by atoms with E-state index in [0.29, 0.717) is 12.1 Å². The zero-order chi connectivity index (χ0) is 12.8. The Hall–Kier alpha value is -0.820. The van der Waals surface area contributed by atoms with Gasteiger partial charge < -0.3 is 5.32 Å². The first-order chi connectivity index (χ1) is 8.08. The van der Waals surface area contributed by atoms with Crippen molar-refractivity contribution < 1.29 is 0 Å². The summed E-state index contributed by atoms with van der Waals surface area (Å²) < 4.78 is 0. The van der Waals surface area contributed by atoms with Crippen LogP contribution in [-0.4, -0.2) is 6.04 Å². The van der Waals surface area contributed by atoms with Gasteiger partial charge in [-0.25, -0.2) is 0 Å². The standard InChI is InChI=1S/C16H27N/c1-6-8-16(7-2)17-14(5)15-10-9-12(3)13(4)11-15/h9-11,14,16-17H,6-8H2,1-5H3. The predicted molar refractivity (Wildman–Crippen MR) is 76.5 cm³/mol. The fourth-order valence-corrected chi connectivity index (χ4v) is 2.24. The Balaban J connectivity index is 2.68. The molecule has 0 spiro atoms. The molecule has 96 valence electrons. The van der Waals surface area contributed by atoms with E-state index in [-0.39, 0.29) is 0 Å². The summed E-state index contributed by atoms with van der Waals surface area (Å²) in [5.74, 6) is 0. The summed E-state index contributed by atoms with van der Waals surface area (Å²) in [6, 6.07) is 7.89. The van der Waals surface area contributed by atoms with Gasteiger partial charge in [0.1, 0.15) is 0 Å². The van der Waals surface area contributed by atoms with Crippen LogP contribution in [0.25, 0.3) is 0 Å². The monoisotopic (exact) mass is 233 g/mol. The number of nitrogens with one attached hydrogen (secondary N) is 1. The molecule has 17 heavy (non-hydrogen) atoms. The van der Waals surface area contributed by atoms with E-state index >= 15 is 0 Å². The van der Waals surface area contributed by atoms with Crippen molar-refractivity contribution in [2.24, 2.45) is 0 Å². The molecule has 0 fully saturated rings. The minimum absolute atomic E-state index is 0.450. The molecule has 0 aliphatic heterocycles. The van der Waals surface area contributed by atoms with E-state index in [9.17, 15) is 0 Å². The van der Waals surface area contributed by atoms with E-state index < -0.39 is 0 Å². The van der Waals surface area contributed by atoms with Gasteiger partial charge in [-0.1, -0.05) is 38.5 Å². The zero-order valence-electron chi connectivity index (χ0n) is 12.0. The van der Waals surface area contributed by atoms with E-state index in [0.717, 1.165) is 0 Å². The van der Waals surface area contributed by atoms with E-state index in [4.69, 9.17) is 0 Å². The normalized spacial score (nSPS) is 14.6. The highest BCUT2D eigenvalue weighted by atomic mass is 14.9. The lowest BCUT2D eigenvalue weighted by Gasteiger charge is -2.22. The second kappa shape index (κ2) is 6.80. The van der Waals surface area contributed by atoms with Gasteiger partial charge in [-0.15, -0.1) is 0 Å². The number of aryl methyl sites for hydroxylation is 2. The molecule has 1 N–H and O–H groups in total. The second-order valence-electron chi connectivity index (χ2n) is 5.13. The molecule has 1 nitrogen and oxygen atoms in total. The lowest BCUT2D eigenvalue weighted by molar-refractivity contribution is 0.417. The summed E-state index contributed by atoms with van der Waals surface area (Å²) in [5.41, 5.74) is 4.17. The Kier molecular flexibility index (Phi) is 5.70. The molecule has 0 aliphatic carbocycles. The van der Waals surface area contributed by atoms with Crippen molar-refractivity contribution in [2.75, 3.05) is 0 Å². The first-order valence-electron chi connectivity index (χ1n) is 6.91. The van der Waals surface area contributed by atoms with Crippen LogP contribution in [0, 0.1) is 13.8 Å². The molecular formula is C16H27N. The first-order valence-corrected chi connectivity index (χ1v) is 6.91. The summed E-state index contributed by atoms with van der Waals surface area (Å²) >= 11 is 0. The molecule has 0 bridgehead atoms. The van der Waals surface area contributed by atoms with Crippen molar-refractivity contribution in [3.05, 3.63) is 34.9 Å². The van der Waals surface area contributed by atoms with Gasteiger partial charge in [0, 0.05) is 12.1 Å². The summed E-state index contributed by atoms with van der Waals surface area (Å²) in [5, 5.41) is 3.73. The fraction of sp³-hybridized carbons (Fsp3) is 0.625. The number of benzene rings is 1. The maximum atomic E-state index is 3.73. The van der Waals surface area contributed by atoms with Crippen LogP contribution in [-0.2, 0) is 0 Å². The van der Waals surface area contributed by atoms with Crippen molar-refractivity contribution >= 4 is 0 Å². The maximum Gasteiger partial charge on any atom is 0.0294 e. The van der Waals surface area contributed by atoms with Crippen LogP contribution in [0.15, 0.2) is 18.2 Å². The second-order valence-corrected chi connectivity index (χ2v) is 5.13. The topological polar surface area (TPSA) is 12.0 Å². The van der Waals surface area contributed by atoms with Gasteiger partial charge in [0.15, 0.2) is 0 Å². The fourth-order valence-electron chi connectivity index (χ4n) is 2.24. The van der Waals surface area contributed by atoms with E-state index in [2.05, 4.69) is 58.1 Å². The molecule has 0 heterocycles. The van der Waals surface area contributed by atoms with Gasteiger partial charge >= 0.3 is 0 Å². The summed E-state index contributed by atoms with van der Waals surface area (Å²) in [7, 11) is 0. The van der Waals surface area contributed by atoms with Crippen molar-refractivity contribution in [2.45, 2.75) is 66.0 Å². The Morgan fingerprint density at radius 3 is 2.35 bits per heavy atom. The van der Waals surface area contributed by atoms with Gasteiger partial charge in [0.2, 0.25) is 0 Å². The molecular weight excluding hydrogens is 206 g/mol. The van der Waals surface area contributed by atoms with Crippen LogP contribution in [0.4, 0.5) is 0 Å². The lowest BCUT2D eigenvalue weighted by atomic mass is 10.0. The maximum absolute atomic E-state index is 3.73. The Labute approximate surface area is 107 Å². The third-order valence-corrected chi connectivity index (χ3v) is 3.65. The summed E-state index contributed by atoms with van der Waals surface area (Å²) in [6.07, 6.45) is 3.74. The minimum Gasteiger partial charge on any atom is -0.307 e. The van der Waals surface area contributed by atoms with Crippen LogP contribution in [0.2, 0.25) is 0 Å². The quantitative estimate of drug-likeness (QED) is 0.761. The van der Waals surface area contributed by atoms with E-state index in [1.54, 1.807) is 0 Å². The average molecular weight is 233 g/mol. The molecule has 1 heteroatoms. The van der Waals surface area contributed by atoms with Gasteiger partial charge in [0.25, 0.3) is 0 Å². The molecule has 0 amide bonds. The average Bonchev–Trinajstić information content (AvgIpc) is 2.31. The van der Waals surface area contributed by atoms with Crippen molar-refractivity contribution in [3.63, 3.8) is 0 Å². The molecule has 0 radical (unpaired) electrons. The molecule has 0 saturated heterocycles. The Bertz CT molecular complexity index is 343. The molecule has 2 unspecified atom stereocenters.